The smallest absolute Gasteiger partial charge is 0.407 e. The van der Waals surface area contributed by atoms with Gasteiger partial charge in [-0.05, 0) is 48.7 Å². The minimum atomic E-state index is -1.00. The Balaban J connectivity index is 1.61. The Bertz CT molecular complexity index is 1120. The van der Waals surface area contributed by atoms with Crippen LogP contribution in [-0.2, 0) is 17.6 Å². The Morgan fingerprint density at radius 2 is 2.13 bits per heavy atom. The quantitative estimate of drug-likeness (QED) is 0.720. The van der Waals surface area contributed by atoms with Gasteiger partial charge in [-0.1, -0.05) is 6.07 Å². The van der Waals surface area contributed by atoms with Gasteiger partial charge in [-0.2, -0.15) is 0 Å². The lowest BCUT2D eigenvalue weighted by molar-refractivity contribution is -0.112. The average Bonchev–Trinajstić information content (AvgIpc) is 3.21. The van der Waals surface area contributed by atoms with Gasteiger partial charge >= 0.3 is 6.09 Å². The van der Waals surface area contributed by atoms with E-state index in [-0.39, 0.29) is 24.7 Å². The Morgan fingerprint density at radius 3 is 2.84 bits per heavy atom. The first-order valence-corrected chi connectivity index (χ1v) is 10.3. The molecule has 7 nitrogen and oxygen atoms in total. The van der Waals surface area contributed by atoms with E-state index >= 15 is 0 Å². The van der Waals surface area contributed by atoms with Crippen molar-refractivity contribution in [2.24, 2.45) is 0 Å². The Hall–Kier alpha value is -3.42. The molecule has 1 aliphatic carbocycles. The van der Waals surface area contributed by atoms with E-state index in [4.69, 9.17) is 0 Å². The van der Waals surface area contributed by atoms with E-state index < -0.39 is 11.9 Å². The highest BCUT2D eigenvalue weighted by Gasteiger charge is 2.31. The maximum Gasteiger partial charge on any atom is 0.407 e. The maximum absolute atomic E-state index is 13.7. The summed E-state index contributed by atoms with van der Waals surface area (Å²) in [5.74, 6) is -0.616. The minimum Gasteiger partial charge on any atom is -0.465 e. The first kappa shape index (κ1) is 20.8. The molecule has 1 aromatic carbocycles. The largest absolute Gasteiger partial charge is 0.465 e. The number of aromatic amines is 1. The molecule has 2 N–H and O–H groups in total. The number of carboxylic acid groups (broad SMARTS) is 1. The molecule has 1 aliphatic heterocycles. The van der Waals surface area contributed by atoms with Crippen molar-refractivity contribution in [3.63, 3.8) is 0 Å². The van der Waals surface area contributed by atoms with Crippen molar-refractivity contribution in [1.82, 2.24) is 14.8 Å². The van der Waals surface area contributed by atoms with Crippen molar-refractivity contribution in [3.8, 4) is 0 Å². The second-order valence-corrected chi connectivity index (χ2v) is 7.88. The van der Waals surface area contributed by atoms with Crippen LogP contribution in [-0.4, -0.2) is 63.9 Å². The van der Waals surface area contributed by atoms with Crippen molar-refractivity contribution in [1.29, 1.82) is 0 Å². The van der Waals surface area contributed by atoms with Crippen molar-refractivity contribution in [3.05, 3.63) is 57.7 Å². The molecule has 2 aliphatic rings. The Kier molecular flexibility index (Phi) is 5.39. The van der Waals surface area contributed by atoms with Gasteiger partial charge in [0.2, 0.25) is 0 Å². The molecule has 31 heavy (non-hydrogen) atoms. The van der Waals surface area contributed by atoms with Gasteiger partial charge in [0.25, 0.3) is 5.91 Å². The van der Waals surface area contributed by atoms with Gasteiger partial charge in [0.15, 0.2) is 5.78 Å². The molecule has 1 aromatic heterocycles. The number of nitrogens with zero attached hydrogens (tertiary/aromatic N) is 2. The van der Waals surface area contributed by atoms with Crippen LogP contribution in [0.3, 0.4) is 0 Å². The topological polar surface area (TPSA) is 93.7 Å². The van der Waals surface area contributed by atoms with Crippen LogP contribution in [0.2, 0.25) is 0 Å². The van der Waals surface area contributed by atoms with Crippen LogP contribution in [0.5, 0.6) is 0 Å². The molecule has 0 fully saturated rings. The van der Waals surface area contributed by atoms with E-state index in [1.165, 1.54) is 17.0 Å². The third kappa shape index (κ3) is 3.73. The predicted molar refractivity (Wildman–Crippen MR) is 113 cm³/mol. The fourth-order valence-corrected chi connectivity index (χ4v) is 4.33. The molecule has 0 spiro atoms. The molecule has 4 rings (SSSR count). The molecule has 0 radical (unpaired) electrons. The van der Waals surface area contributed by atoms with E-state index in [1.54, 1.807) is 24.0 Å². The number of hydrogen-bond acceptors (Lipinski definition) is 3. The van der Waals surface area contributed by atoms with Gasteiger partial charge in [-0.25, -0.2) is 9.18 Å². The Morgan fingerprint density at radius 1 is 1.35 bits per heavy atom. The summed E-state index contributed by atoms with van der Waals surface area (Å²) >= 11 is 0. The number of nitrogens with one attached hydrogen (secondary N) is 1. The van der Waals surface area contributed by atoms with Crippen LogP contribution in [0.4, 0.5) is 9.18 Å². The van der Waals surface area contributed by atoms with E-state index in [1.807, 2.05) is 6.92 Å². The molecule has 0 saturated carbocycles. The molecular weight excluding hydrogens is 401 g/mol. The normalized spacial score (nSPS) is 16.6. The minimum absolute atomic E-state index is 0.0751. The molecule has 0 unspecified atom stereocenters. The van der Waals surface area contributed by atoms with Gasteiger partial charge in [0.1, 0.15) is 5.82 Å². The molecule has 0 saturated heterocycles. The average molecular weight is 425 g/mol. The standard InChI is InChI=1S/C23H24FN3O4/c1-3-26(23(30)31)8-9-27-7-6-18-21(22(27)29)13(2)19(25-18)12-17-16-11-15(24)5-4-14(16)10-20(17)28/h4-5,11-12,25H,3,6-10H2,1-2H3,(H,30,31). The molecule has 8 heteroatoms. The van der Waals surface area contributed by atoms with Crippen LogP contribution in [0.25, 0.3) is 11.6 Å². The number of rotatable bonds is 5. The van der Waals surface area contributed by atoms with Crippen molar-refractivity contribution >= 4 is 29.4 Å². The first-order chi connectivity index (χ1) is 14.8. The van der Waals surface area contributed by atoms with Crippen LogP contribution in [0.15, 0.2) is 18.2 Å². The number of carbonyl (C=O) groups is 3. The zero-order valence-electron chi connectivity index (χ0n) is 17.5. The molecule has 0 atom stereocenters. The predicted octanol–water partition coefficient (Wildman–Crippen LogP) is 3.13. The van der Waals surface area contributed by atoms with Crippen LogP contribution in [0.1, 0.15) is 45.4 Å². The zero-order chi connectivity index (χ0) is 22.3. The third-order valence-corrected chi connectivity index (χ3v) is 6.09. The summed E-state index contributed by atoms with van der Waals surface area (Å²) in [6.45, 7) is 5.01. The fraction of sp³-hybridized carbons (Fsp3) is 0.348. The number of fused-ring (bicyclic) bond motifs is 2. The lowest BCUT2D eigenvalue weighted by Gasteiger charge is -2.29. The fourth-order valence-electron chi connectivity index (χ4n) is 4.33. The van der Waals surface area contributed by atoms with Gasteiger partial charge in [0, 0.05) is 56.0 Å². The molecule has 2 aromatic rings. The summed E-state index contributed by atoms with van der Waals surface area (Å²) in [6.07, 6.45) is 1.56. The van der Waals surface area contributed by atoms with Gasteiger partial charge in [0.05, 0.1) is 5.56 Å². The number of amides is 2. The number of H-pyrrole nitrogens is 1. The monoisotopic (exact) mass is 425 g/mol. The van der Waals surface area contributed by atoms with Crippen molar-refractivity contribution < 1.29 is 23.9 Å². The highest BCUT2D eigenvalue weighted by molar-refractivity contribution is 6.29. The number of likely N-dealkylation sites (N-methyl/N-ethyl adjacent to an activating group) is 1. The number of ketones is 1. The lowest BCUT2D eigenvalue weighted by Crippen LogP contribution is -2.43. The zero-order valence-corrected chi connectivity index (χ0v) is 17.5. The number of aromatic nitrogens is 1. The van der Waals surface area contributed by atoms with E-state index in [0.717, 1.165) is 16.8 Å². The number of hydrogen-bond donors (Lipinski definition) is 2. The highest BCUT2D eigenvalue weighted by Crippen LogP contribution is 2.33. The van der Waals surface area contributed by atoms with Gasteiger partial charge in [-0.15, -0.1) is 0 Å². The molecule has 2 amide bonds. The number of carbonyl (C=O) groups excluding carboxylic acids is 2. The molecular formula is C23H24FN3O4. The number of halogens is 1. The summed E-state index contributed by atoms with van der Waals surface area (Å²) in [4.78, 5) is 43.0. The highest BCUT2D eigenvalue weighted by atomic mass is 19.1. The van der Waals surface area contributed by atoms with E-state index in [0.29, 0.717) is 48.4 Å². The maximum atomic E-state index is 13.7. The van der Waals surface area contributed by atoms with Crippen molar-refractivity contribution in [2.75, 3.05) is 26.2 Å². The third-order valence-electron chi connectivity index (χ3n) is 6.09. The molecule has 0 bridgehead atoms. The van der Waals surface area contributed by atoms with Crippen LogP contribution in [0, 0.1) is 12.7 Å². The summed E-state index contributed by atoms with van der Waals surface area (Å²) in [7, 11) is 0. The van der Waals surface area contributed by atoms with Gasteiger partial charge in [-0.3, -0.25) is 9.59 Å². The first-order valence-electron chi connectivity index (χ1n) is 10.3. The van der Waals surface area contributed by atoms with Gasteiger partial charge < -0.3 is 19.9 Å². The second-order valence-electron chi connectivity index (χ2n) is 7.88. The summed E-state index contributed by atoms with van der Waals surface area (Å²) in [5.41, 5.74) is 4.62. The summed E-state index contributed by atoms with van der Waals surface area (Å²) in [5, 5.41) is 9.18. The number of allylic oxidation sites excluding steroid dienone is 1. The summed E-state index contributed by atoms with van der Waals surface area (Å²) < 4.78 is 13.7. The Labute approximate surface area is 179 Å². The van der Waals surface area contributed by atoms with E-state index in [9.17, 15) is 23.9 Å². The van der Waals surface area contributed by atoms with Crippen LogP contribution >= 0.6 is 0 Å². The number of benzene rings is 1. The summed E-state index contributed by atoms with van der Waals surface area (Å²) in [6, 6.07) is 4.36. The van der Waals surface area contributed by atoms with E-state index in [2.05, 4.69) is 4.98 Å². The SMILES string of the molecule is CCN(CCN1CCc2[nH]c(C=C3C(=O)Cc4ccc(F)cc43)c(C)c2C1=O)C(=O)O. The second kappa shape index (κ2) is 8.02. The molecule has 2 heterocycles. The molecule has 162 valence electrons. The number of Topliss-reactive ketones (excluding diaryl/α,β-unsaturated/α-hetero) is 1. The van der Waals surface area contributed by atoms with Crippen LogP contribution < -0.4 is 0 Å². The lowest BCUT2D eigenvalue weighted by atomic mass is 10.0. The van der Waals surface area contributed by atoms with Crippen molar-refractivity contribution in [2.45, 2.75) is 26.7 Å².